The molecule has 1 heterocycles. The van der Waals surface area contributed by atoms with Gasteiger partial charge in [-0.2, -0.15) is 0 Å². The number of hydrogen-bond acceptors (Lipinski definition) is 3. The van der Waals surface area contributed by atoms with Crippen LogP contribution in [0.15, 0.2) is 36.4 Å². The Bertz CT molecular complexity index is 717. The molecular weight excluding hydrogens is 293 g/mol. The summed E-state index contributed by atoms with van der Waals surface area (Å²) in [5.74, 6) is 4.29. The van der Waals surface area contributed by atoms with Crippen molar-refractivity contribution in [2.75, 3.05) is 11.9 Å². The van der Waals surface area contributed by atoms with Crippen molar-refractivity contribution in [1.82, 2.24) is 4.98 Å². The molecule has 0 unspecified atom stereocenters. The Morgan fingerprint density at radius 1 is 1.33 bits per heavy atom. The minimum Gasteiger partial charge on any atom is -0.320 e. The van der Waals surface area contributed by atoms with Crippen molar-refractivity contribution < 1.29 is 9.18 Å². The molecule has 0 aliphatic rings. The molecule has 0 fully saturated rings. The number of benzene rings is 1. The number of rotatable bonds is 2. The van der Waals surface area contributed by atoms with Crippen LogP contribution in [0.5, 0.6) is 0 Å². The van der Waals surface area contributed by atoms with E-state index in [0.717, 1.165) is 6.07 Å². The second-order valence-corrected chi connectivity index (χ2v) is 4.37. The van der Waals surface area contributed by atoms with Gasteiger partial charge in [-0.05, 0) is 30.2 Å². The molecule has 4 nitrogen and oxygen atoms in total. The maximum atomic E-state index is 13.6. The van der Waals surface area contributed by atoms with Gasteiger partial charge in [0.25, 0.3) is 5.91 Å². The van der Waals surface area contributed by atoms with Gasteiger partial charge in [-0.3, -0.25) is 4.79 Å². The fourth-order valence-electron chi connectivity index (χ4n) is 1.61. The average molecular weight is 304 g/mol. The monoisotopic (exact) mass is 303 g/mol. The summed E-state index contributed by atoms with van der Waals surface area (Å²) < 4.78 is 13.6. The van der Waals surface area contributed by atoms with Gasteiger partial charge in [-0.1, -0.05) is 29.7 Å². The third kappa shape index (κ3) is 3.78. The lowest BCUT2D eigenvalue weighted by molar-refractivity contribution is 0.102. The van der Waals surface area contributed by atoms with E-state index in [1.807, 2.05) is 0 Å². The fourth-order valence-corrected chi connectivity index (χ4v) is 1.86. The Morgan fingerprint density at radius 3 is 2.81 bits per heavy atom. The molecule has 0 atom stereocenters. The van der Waals surface area contributed by atoms with Crippen LogP contribution in [-0.2, 0) is 0 Å². The smallest absolute Gasteiger partial charge is 0.261 e. The van der Waals surface area contributed by atoms with Crippen LogP contribution in [0.25, 0.3) is 0 Å². The van der Waals surface area contributed by atoms with Crippen LogP contribution in [0, 0.1) is 17.7 Å². The quantitative estimate of drug-likeness (QED) is 0.837. The summed E-state index contributed by atoms with van der Waals surface area (Å²) in [7, 11) is 0. The minimum atomic E-state index is -0.695. The first-order valence-electron chi connectivity index (χ1n) is 6.03. The van der Waals surface area contributed by atoms with Crippen LogP contribution >= 0.6 is 11.6 Å². The van der Waals surface area contributed by atoms with Crippen LogP contribution in [0.2, 0.25) is 5.02 Å². The van der Waals surface area contributed by atoms with Gasteiger partial charge in [0.05, 0.1) is 17.1 Å². The van der Waals surface area contributed by atoms with Crippen molar-refractivity contribution in [3.8, 4) is 11.8 Å². The molecule has 0 aliphatic carbocycles. The third-order valence-corrected chi connectivity index (χ3v) is 2.81. The van der Waals surface area contributed by atoms with E-state index in [0.29, 0.717) is 5.69 Å². The Kier molecular flexibility index (Phi) is 4.88. The molecule has 2 aromatic rings. The average Bonchev–Trinajstić information content (AvgIpc) is 2.45. The van der Waals surface area contributed by atoms with E-state index in [-0.39, 0.29) is 22.9 Å². The summed E-state index contributed by atoms with van der Waals surface area (Å²) in [6, 6.07) is 8.95. The summed E-state index contributed by atoms with van der Waals surface area (Å²) in [4.78, 5) is 16.2. The Morgan fingerprint density at radius 2 is 2.10 bits per heavy atom. The molecule has 0 saturated carbocycles. The lowest BCUT2D eigenvalue weighted by Gasteiger charge is -2.07. The van der Waals surface area contributed by atoms with Crippen molar-refractivity contribution >= 4 is 23.3 Å². The topological polar surface area (TPSA) is 68.0 Å². The second-order valence-electron chi connectivity index (χ2n) is 3.96. The number of halogens is 2. The van der Waals surface area contributed by atoms with Gasteiger partial charge in [-0.25, -0.2) is 9.37 Å². The number of nitrogens with one attached hydrogen (secondary N) is 1. The van der Waals surface area contributed by atoms with E-state index >= 15 is 0 Å². The van der Waals surface area contributed by atoms with Gasteiger partial charge in [0.2, 0.25) is 0 Å². The summed E-state index contributed by atoms with van der Waals surface area (Å²) in [6.45, 7) is 0.211. The van der Waals surface area contributed by atoms with Gasteiger partial charge in [-0.15, -0.1) is 0 Å². The van der Waals surface area contributed by atoms with E-state index in [1.165, 1.54) is 12.1 Å². The Labute approximate surface area is 126 Å². The number of anilines is 1. The molecule has 0 aliphatic heterocycles. The van der Waals surface area contributed by atoms with E-state index in [9.17, 15) is 9.18 Å². The van der Waals surface area contributed by atoms with Crippen LogP contribution in [-0.4, -0.2) is 17.4 Å². The normalized spacial score (nSPS) is 9.67. The van der Waals surface area contributed by atoms with Crippen molar-refractivity contribution in [2.24, 2.45) is 5.73 Å². The Hall–Kier alpha value is -2.42. The van der Waals surface area contributed by atoms with E-state index < -0.39 is 11.7 Å². The molecular formula is C15H11ClFN3O. The standard InChI is InChI=1S/C15H11ClFN3O/c16-11-6-2-7-12(17)14(11)15(21)20-13-8-1-4-10(19-13)5-3-9-18/h1-2,4,6-8H,9,18H2,(H,19,20,21). The zero-order valence-electron chi connectivity index (χ0n) is 10.9. The highest BCUT2D eigenvalue weighted by Gasteiger charge is 2.16. The molecule has 1 aromatic carbocycles. The number of pyridine rings is 1. The molecule has 1 amide bonds. The first kappa shape index (κ1) is 15.0. The summed E-state index contributed by atoms with van der Waals surface area (Å²) >= 11 is 5.83. The molecule has 106 valence electrons. The predicted octanol–water partition coefficient (Wildman–Crippen LogP) is 2.44. The Balaban J connectivity index is 2.24. The van der Waals surface area contributed by atoms with E-state index in [1.54, 1.807) is 18.2 Å². The number of aromatic nitrogens is 1. The molecule has 6 heteroatoms. The number of carbonyl (C=O) groups is 1. The number of amides is 1. The molecule has 0 radical (unpaired) electrons. The van der Waals surface area contributed by atoms with Gasteiger partial charge in [0, 0.05) is 0 Å². The van der Waals surface area contributed by atoms with Gasteiger partial charge >= 0.3 is 0 Å². The lowest BCUT2D eigenvalue weighted by Crippen LogP contribution is -2.15. The zero-order chi connectivity index (χ0) is 15.2. The van der Waals surface area contributed by atoms with Crippen molar-refractivity contribution in [1.29, 1.82) is 0 Å². The number of nitrogens with zero attached hydrogens (tertiary/aromatic N) is 1. The third-order valence-electron chi connectivity index (χ3n) is 2.50. The van der Waals surface area contributed by atoms with Gasteiger partial charge in [0.15, 0.2) is 0 Å². The molecule has 3 N–H and O–H groups in total. The van der Waals surface area contributed by atoms with Gasteiger partial charge in [0.1, 0.15) is 17.3 Å². The molecule has 0 bridgehead atoms. The highest BCUT2D eigenvalue weighted by Crippen LogP contribution is 2.20. The van der Waals surface area contributed by atoms with Crippen molar-refractivity contribution in [3.05, 3.63) is 58.5 Å². The largest absolute Gasteiger partial charge is 0.320 e. The zero-order valence-corrected chi connectivity index (χ0v) is 11.6. The summed E-state index contributed by atoms with van der Waals surface area (Å²) in [6.07, 6.45) is 0. The lowest BCUT2D eigenvalue weighted by atomic mass is 10.2. The highest BCUT2D eigenvalue weighted by atomic mass is 35.5. The van der Waals surface area contributed by atoms with Crippen LogP contribution in [0.4, 0.5) is 10.2 Å². The van der Waals surface area contributed by atoms with E-state index in [4.69, 9.17) is 17.3 Å². The maximum absolute atomic E-state index is 13.6. The minimum absolute atomic E-state index is 0.0339. The SMILES string of the molecule is NCC#Cc1cccc(NC(=O)c2c(F)cccc2Cl)n1. The number of carbonyl (C=O) groups excluding carboxylic acids is 1. The highest BCUT2D eigenvalue weighted by molar-refractivity contribution is 6.34. The molecule has 1 aromatic heterocycles. The number of nitrogens with two attached hydrogens (primary N) is 1. The van der Waals surface area contributed by atoms with E-state index in [2.05, 4.69) is 22.1 Å². The molecule has 0 saturated heterocycles. The molecule has 21 heavy (non-hydrogen) atoms. The predicted molar refractivity (Wildman–Crippen MR) is 79.5 cm³/mol. The number of hydrogen-bond donors (Lipinski definition) is 2. The van der Waals surface area contributed by atoms with Crippen LogP contribution < -0.4 is 11.1 Å². The first-order valence-corrected chi connectivity index (χ1v) is 6.41. The molecule has 0 spiro atoms. The fraction of sp³-hybridized carbons (Fsp3) is 0.0667. The van der Waals surface area contributed by atoms with Crippen molar-refractivity contribution in [3.63, 3.8) is 0 Å². The molecule has 2 rings (SSSR count). The summed E-state index contributed by atoms with van der Waals surface area (Å²) in [5, 5.41) is 2.52. The van der Waals surface area contributed by atoms with Gasteiger partial charge < -0.3 is 11.1 Å². The first-order chi connectivity index (χ1) is 10.1. The van der Waals surface area contributed by atoms with Crippen LogP contribution in [0.1, 0.15) is 16.1 Å². The van der Waals surface area contributed by atoms with Crippen molar-refractivity contribution in [2.45, 2.75) is 0 Å². The second kappa shape index (κ2) is 6.84. The maximum Gasteiger partial charge on any atom is 0.261 e. The van der Waals surface area contributed by atoms with Crippen LogP contribution in [0.3, 0.4) is 0 Å². The summed E-state index contributed by atoms with van der Waals surface area (Å²) in [5.41, 5.74) is 5.51.